The minimum Gasteiger partial charge on any atom is -0.508 e. The van der Waals surface area contributed by atoms with Crippen molar-refractivity contribution in [2.75, 3.05) is 6.54 Å². The van der Waals surface area contributed by atoms with Crippen molar-refractivity contribution in [3.63, 3.8) is 0 Å². The molecular weight excluding hydrogens is 258 g/mol. The van der Waals surface area contributed by atoms with Gasteiger partial charge in [0.25, 0.3) is 0 Å². The van der Waals surface area contributed by atoms with E-state index < -0.39 is 0 Å². The molecule has 1 atom stereocenters. The molecule has 3 rings (SSSR count). The second kappa shape index (κ2) is 6.77. The maximum absolute atomic E-state index is 9.47. The van der Waals surface area contributed by atoms with Crippen LogP contribution in [0, 0.1) is 5.92 Å². The van der Waals surface area contributed by atoms with Crippen molar-refractivity contribution in [2.24, 2.45) is 5.92 Å². The molecule has 0 spiro atoms. The van der Waals surface area contributed by atoms with Gasteiger partial charge in [-0.1, -0.05) is 55.3 Å². The first-order valence-corrected chi connectivity index (χ1v) is 7.90. The highest BCUT2D eigenvalue weighted by Gasteiger charge is 2.20. The summed E-state index contributed by atoms with van der Waals surface area (Å²) in [5.74, 6) is 1.31. The first-order valence-electron chi connectivity index (χ1n) is 7.90. The minimum atomic E-state index is 0.200. The lowest BCUT2D eigenvalue weighted by Crippen LogP contribution is -2.23. The second-order valence-electron chi connectivity index (χ2n) is 5.97. The van der Waals surface area contributed by atoms with E-state index in [1.165, 1.54) is 36.8 Å². The highest BCUT2D eigenvalue weighted by Crippen LogP contribution is 2.33. The van der Waals surface area contributed by atoms with Crippen LogP contribution in [-0.4, -0.2) is 11.7 Å². The average molecular weight is 281 g/mol. The molecule has 1 unspecified atom stereocenters. The van der Waals surface area contributed by atoms with E-state index in [0.717, 1.165) is 12.5 Å². The Kier molecular flexibility index (Phi) is 4.56. The third-order valence-electron chi connectivity index (χ3n) is 4.19. The van der Waals surface area contributed by atoms with Crippen molar-refractivity contribution in [1.29, 1.82) is 0 Å². The number of phenols is 1. The Balaban J connectivity index is 1.69. The molecule has 1 aliphatic carbocycles. The number of aromatic hydroxyl groups is 1. The maximum atomic E-state index is 9.47. The van der Waals surface area contributed by atoms with E-state index in [1.807, 2.05) is 18.2 Å². The fourth-order valence-electron chi connectivity index (χ4n) is 2.78. The normalized spacial score (nSPS) is 15.8. The Bertz CT molecular complexity index is 546. The molecule has 2 heteroatoms. The monoisotopic (exact) mass is 281 g/mol. The molecule has 0 aliphatic heterocycles. The third kappa shape index (κ3) is 4.08. The summed E-state index contributed by atoms with van der Waals surface area (Å²) in [4.78, 5) is 0. The molecule has 2 aromatic rings. The largest absolute Gasteiger partial charge is 0.508 e. The standard InChI is InChI=1S/C19H23NO/c21-18-12-10-17(11-13-18)19(16-6-2-1-3-7-16)20-14-4-5-15-8-9-15/h1-3,6-7,10-13,15,19-21H,4-5,8-9,14H2. The van der Waals surface area contributed by atoms with Gasteiger partial charge in [-0.05, 0) is 48.6 Å². The van der Waals surface area contributed by atoms with Crippen LogP contribution in [0.3, 0.4) is 0 Å². The highest BCUT2D eigenvalue weighted by atomic mass is 16.3. The molecule has 1 fully saturated rings. The van der Waals surface area contributed by atoms with Gasteiger partial charge in [0.2, 0.25) is 0 Å². The molecule has 0 bridgehead atoms. The van der Waals surface area contributed by atoms with E-state index in [9.17, 15) is 5.11 Å². The van der Waals surface area contributed by atoms with E-state index in [-0.39, 0.29) is 6.04 Å². The van der Waals surface area contributed by atoms with Crippen LogP contribution in [-0.2, 0) is 0 Å². The molecule has 1 saturated carbocycles. The first kappa shape index (κ1) is 14.2. The van der Waals surface area contributed by atoms with Gasteiger partial charge in [-0.25, -0.2) is 0 Å². The second-order valence-corrected chi connectivity index (χ2v) is 5.97. The summed E-state index contributed by atoms with van der Waals surface area (Å²) in [5, 5.41) is 13.1. The van der Waals surface area contributed by atoms with Crippen molar-refractivity contribution in [3.8, 4) is 5.75 Å². The van der Waals surface area contributed by atoms with E-state index in [2.05, 4.69) is 29.6 Å². The molecule has 0 amide bonds. The van der Waals surface area contributed by atoms with Gasteiger partial charge in [0.1, 0.15) is 5.75 Å². The van der Waals surface area contributed by atoms with Crippen molar-refractivity contribution in [1.82, 2.24) is 5.32 Å². The summed E-state index contributed by atoms with van der Waals surface area (Å²) in [5.41, 5.74) is 2.47. The Hall–Kier alpha value is -1.80. The average Bonchev–Trinajstić information content (AvgIpc) is 3.34. The zero-order valence-electron chi connectivity index (χ0n) is 12.3. The zero-order valence-corrected chi connectivity index (χ0v) is 12.3. The molecular formula is C19H23NO. The smallest absolute Gasteiger partial charge is 0.115 e. The van der Waals surface area contributed by atoms with Gasteiger partial charge in [0.15, 0.2) is 0 Å². The number of benzene rings is 2. The molecule has 2 aromatic carbocycles. The van der Waals surface area contributed by atoms with Crippen LogP contribution < -0.4 is 5.32 Å². The highest BCUT2D eigenvalue weighted by molar-refractivity contribution is 5.34. The van der Waals surface area contributed by atoms with E-state index in [1.54, 1.807) is 12.1 Å². The molecule has 0 radical (unpaired) electrons. The summed E-state index contributed by atoms with van der Waals surface area (Å²) < 4.78 is 0. The van der Waals surface area contributed by atoms with E-state index >= 15 is 0 Å². The van der Waals surface area contributed by atoms with E-state index in [0.29, 0.717) is 5.75 Å². The fraction of sp³-hybridized carbons (Fsp3) is 0.368. The number of hydrogen-bond donors (Lipinski definition) is 2. The molecule has 0 aromatic heterocycles. The number of phenolic OH excluding ortho intramolecular Hbond substituents is 1. The molecule has 110 valence electrons. The topological polar surface area (TPSA) is 32.3 Å². The molecule has 21 heavy (non-hydrogen) atoms. The fourth-order valence-corrected chi connectivity index (χ4v) is 2.78. The van der Waals surface area contributed by atoms with Gasteiger partial charge in [0, 0.05) is 0 Å². The minimum absolute atomic E-state index is 0.200. The number of nitrogens with one attached hydrogen (secondary N) is 1. The van der Waals surface area contributed by atoms with Crippen molar-refractivity contribution >= 4 is 0 Å². The van der Waals surface area contributed by atoms with Crippen LogP contribution >= 0.6 is 0 Å². The van der Waals surface area contributed by atoms with Crippen LogP contribution in [0.2, 0.25) is 0 Å². The first-order chi connectivity index (χ1) is 10.3. The quantitative estimate of drug-likeness (QED) is 0.743. The molecule has 0 heterocycles. The van der Waals surface area contributed by atoms with Crippen LogP contribution in [0.4, 0.5) is 0 Å². The number of hydrogen-bond acceptors (Lipinski definition) is 2. The predicted molar refractivity (Wildman–Crippen MR) is 86.4 cm³/mol. The predicted octanol–water partition coefficient (Wildman–Crippen LogP) is 4.26. The zero-order chi connectivity index (χ0) is 14.5. The Morgan fingerprint density at radius 3 is 2.29 bits per heavy atom. The van der Waals surface area contributed by atoms with Crippen LogP contribution in [0.5, 0.6) is 5.75 Å². The Morgan fingerprint density at radius 1 is 0.952 bits per heavy atom. The van der Waals surface area contributed by atoms with Crippen LogP contribution in [0.25, 0.3) is 0 Å². The molecule has 2 N–H and O–H groups in total. The Labute approximate surface area is 126 Å². The van der Waals surface area contributed by atoms with Crippen molar-refractivity contribution in [3.05, 3.63) is 65.7 Å². The van der Waals surface area contributed by atoms with Gasteiger partial charge < -0.3 is 10.4 Å². The molecule has 2 nitrogen and oxygen atoms in total. The summed E-state index contributed by atoms with van der Waals surface area (Å²) >= 11 is 0. The summed E-state index contributed by atoms with van der Waals surface area (Å²) in [7, 11) is 0. The van der Waals surface area contributed by atoms with Crippen molar-refractivity contribution in [2.45, 2.75) is 31.7 Å². The van der Waals surface area contributed by atoms with Gasteiger partial charge in [-0.3, -0.25) is 0 Å². The maximum Gasteiger partial charge on any atom is 0.115 e. The Morgan fingerprint density at radius 2 is 1.62 bits per heavy atom. The van der Waals surface area contributed by atoms with Gasteiger partial charge in [-0.2, -0.15) is 0 Å². The lowest BCUT2D eigenvalue weighted by molar-refractivity contribution is 0.474. The SMILES string of the molecule is Oc1ccc(C(NCCCC2CC2)c2ccccc2)cc1. The number of rotatable bonds is 7. The van der Waals surface area contributed by atoms with Crippen molar-refractivity contribution < 1.29 is 5.11 Å². The summed E-state index contributed by atoms with van der Waals surface area (Å²) in [6, 6.07) is 18.2. The molecule has 1 aliphatic rings. The van der Waals surface area contributed by atoms with Gasteiger partial charge in [0.05, 0.1) is 6.04 Å². The summed E-state index contributed by atoms with van der Waals surface area (Å²) in [6.07, 6.45) is 5.45. The summed E-state index contributed by atoms with van der Waals surface area (Å²) in [6.45, 7) is 1.04. The lowest BCUT2D eigenvalue weighted by Gasteiger charge is -2.20. The van der Waals surface area contributed by atoms with Crippen LogP contribution in [0.15, 0.2) is 54.6 Å². The van der Waals surface area contributed by atoms with E-state index in [4.69, 9.17) is 0 Å². The van der Waals surface area contributed by atoms with Gasteiger partial charge >= 0.3 is 0 Å². The molecule has 0 saturated heterocycles. The third-order valence-corrected chi connectivity index (χ3v) is 4.19. The van der Waals surface area contributed by atoms with Crippen LogP contribution in [0.1, 0.15) is 42.9 Å². The van der Waals surface area contributed by atoms with Gasteiger partial charge in [-0.15, -0.1) is 0 Å². The lowest BCUT2D eigenvalue weighted by atomic mass is 9.98.